The highest BCUT2D eigenvalue weighted by Crippen LogP contribution is 2.29. The van der Waals surface area contributed by atoms with Crippen LogP contribution < -0.4 is 9.46 Å². The van der Waals surface area contributed by atoms with Gasteiger partial charge in [0.1, 0.15) is 5.75 Å². The molecule has 0 aliphatic carbocycles. The Morgan fingerprint density at radius 2 is 2.12 bits per heavy atom. The predicted molar refractivity (Wildman–Crippen MR) is 62.7 cm³/mol. The first kappa shape index (κ1) is 13.2. The van der Waals surface area contributed by atoms with Gasteiger partial charge in [0.05, 0.1) is 29.5 Å². The Hall–Kier alpha value is -1.83. The highest BCUT2D eigenvalue weighted by Gasteiger charge is 2.15. The van der Waals surface area contributed by atoms with Gasteiger partial charge in [-0.1, -0.05) is 0 Å². The van der Waals surface area contributed by atoms with Crippen molar-refractivity contribution in [2.45, 2.75) is 6.92 Å². The van der Waals surface area contributed by atoms with Crippen LogP contribution in [0.25, 0.3) is 0 Å². The number of hydrogen-bond donors (Lipinski definition) is 1. The number of methoxy groups -OCH3 is 1. The van der Waals surface area contributed by atoms with Gasteiger partial charge in [-0.25, -0.2) is 8.42 Å². The highest BCUT2D eigenvalue weighted by molar-refractivity contribution is 7.92. The maximum atomic E-state index is 11.4. The Kier molecular flexibility index (Phi) is 3.89. The van der Waals surface area contributed by atoms with Crippen LogP contribution in [0.15, 0.2) is 18.2 Å². The number of nitrogens with one attached hydrogen (secondary N) is 1. The van der Waals surface area contributed by atoms with E-state index in [4.69, 9.17) is 4.74 Å². The van der Waals surface area contributed by atoms with Crippen LogP contribution in [0.3, 0.4) is 0 Å². The van der Waals surface area contributed by atoms with Crippen molar-refractivity contribution < 1.29 is 18.1 Å². The summed E-state index contributed by atoms with van der Waals surface area (Å²) in [5.41, 5.74) is 0.0150. The summed E-state index contributed by atoms with van der Waals surface area (Å²) in [5, 5.41) is 10.5. The van der Waals surface area contributed by atoms with Crippen molar-refractivity contribution in [1.82, 2.24) is 0 Å². The molecule has 94 valence electrons. The number of nitrogens with zero attached hydrogens (tertiary/aromatic N) is 1. The molecule has 8 heteroatoms. The molecule has 0 radical (unpaired) electrons. The van der Waals surface area contributed by atoms with Gasteiger partial charge in [0.2, 0.25) is 10.0 Å². The zero-order chi connectivity index (χ0) is 13.1. The highest BCUT2D eigenvalue weighted by atomic mass is 32.2. The van der Waals surface area contributed by atoms with E-state index in [1.165, 1.54) is 26.2 Å². The number of anilines is 1. The summed E-state index contributed by atoms with van der Waals surface area (Å²) in [6.07, 6.45) is 0. The van der Waals surface area contributed by atoms with Crippen LogP contribution in [0, 0.1) is 10.1 Å². The van der Waals surface area contributed by atoms with Crippen LogP contribution in [-0.2, 0) is 10.0 Å². The van der Waals surface area contributed by atoms with Crippen LogP contribution in [0.5, 0.6) is 5.75 Å². The molecule has 0 aromatic heterocycles. The molecule has 1 aromatic carbocycles. The fourth-order valence-electron chi connectivity index (χ4n) is 1.12. The summed E-state index contributed by atoms with van der Waals surface area (Å²) in [5.74, 6) is 0.0175. The summed E-state index contributed by atoms with van der Waals surface area (Å²) in [4.78, 5) is 9.95. The summed E-state index contributed by atoms with van der Waals surface area (Å²) in [7, 11) is -2.13. The van der Waals surface area contributed by atoms with E-state index in [1.807, 2.05) is 0 Å². The van der Waals surface area contributed by atoms with Crippen molar-refractivity contribution in [3.8, 4) is 5.75 Å². The van der Waals surface area contributed by atoms with Gasteiger partial charge in [0, 0.05) is 6.07 Å². The Morgan fingerprint density at radius 1 is 1.47 bits per heavy atom. The molecule has 0 aliphatic rings. The number of sulfonamides is 1. The van der Waals surface area contributed by atoms with E-state index in [0.29, 0.717) is 0 Å². The zero-order valence-corrected chi connectivity index (χ0v) is 10.2. The van der Waals surface area contributed by atoms with Crippen LogP contribution >= 0.6 is 0 Å². The molecule has 17 heavy (non-hydrogen) atoms. The summed E-state index contributed by atoms with van der Waals surface area (Å²) < 4.78 is 29.9. The van der Waals surface area contributed by atoms with E-state index in [0.717, 1.165) is 6.07 Å². The molecule has 7 nitrogen and oxygen atoms in total. The van der Waals surface area contributed by atoms with Crippen molar-refractivity contribution in [2.75, 3.05) is 17.6 Å². The van der Waals surface area contributed by atoms with Crippen LogP contribution in [-0.4, -0.2) is 26.2 Å². The molecule has 0 saturated heterocycles. The number of rotatable bonds is 5. The molecular formula is C9H12N2O5S. The van der Waals surface area contributed by atoms with E-state index in [-0.39, 0.29) is 22.9 Å². The first-order valence-electron chi connectivity index (χ1n) is 4.72. The van der Waals surface area contributed by atoms with Crippen LogP contribution in [0.4, 0.5) is 11.4 Å². The smallest absolute Gasteiger partial charge is 0.273 e. The van der Waals surface area contributed by atoms with Crippen molar-refractivity contribution in [1.29, 1.82) is 0 Å². The molecule has 0 saturated carbocycles. The molecule has 1 N–H and O–H groups in total. The largest absolute Gasteiger partial charge is 0.494 e. The average Bonchev–Trinajstić information content (AvgIpc) is 2.29. The van der Waals surface area contributed by atoms with Crippen molar-refractivity contribution >= 4 is 21.4 Å². The second-order valence-corrected chi connectivity index (χ2v) is 5.16. The van der Waals surface area contributed by atoms with Gasteiger partial charge < -0.3 is 4.74 Å². The number of nitro groups is 1. The van der Waals surface area contributed by atoms with Gasteiger partial charge in [0.15, 0.2) is 0 Å². The Labute approximate surface area is 98.6 Å². The topological polar surface area (TPSA) is 98.5 Å². The minimum absolute atomic E-state index is 0.0901. The van der Waals surface area contributed by atoms with E-state index in [9.17, 15) is 18.5 Å². The van der Waals surface area contributed by atoms with E-state index in [2.05, 4.69) is 4.72 Å². The van der Waals surface area contributed by atoms with Crippen LogP contribution in [0.1, 0.15) is 6.92 Å². The molecule has 0 heterocycles. The van der Waals surface area contributed by atoms with Crippen molar-refractivity contribution in [2.24, 2.45) is 0 Å². The Balaban J connectivity index is 3.14. The minimum Gasteiger partial charge on any atom is -0.494 e. The maximum Gasteiger partial charge on any atom is 0.273 e. The fraction of sp³-hybridized carbons (Fsp3) is 0.333. The first-order chi connectivity index (χ1) is 7.89. The fourth-order valence-corrected chi connectivity index (χ4v) is 1.77. The molecule has 0 amide bonds. The number of nitro benzene ring substituents is 1. The SMILES string of the molecule is CCS(=O)(=O)Nc1ccc([N+](=O)[O-])cc1OC. The van der Waals surface area contributed by atoms with Gasteiger partial charge in [0.25, 0.3) is 5.69 Å². The standard InChI is InChI=1S/C9H12N2O5S/c1-3-17(14,15)10-8-5-4-7(11(12)13)6-9(8)16-2/h4-6,10H,3H2,1-2H3. The molecule has 0 atom stereocenters. The lowest BCUT2D eigenvalue weighted by Crippen LogP contribution is -2.15. The number of hydrogen-bond acceptors (Lipinski definition) is 5. The average molecular weight is 260 g/mol. The molecular weight excluding hydrogens is 248 g/mol. The second kappa shape index (κ2) is 5.00. The molecule has 0 fully saturated rings. The van der Waals surface area contributed by atoms with Gasteiger partial charge >= 0.3 is 0 Å². The third-order valence-corrected chi connectivity index (χ3v) is 3.33. The third kappa shape index (κ3) is 3.31. The van der Waals surface area contributed by atoms with E-state index in [1.54, 1.807) is 0 Å². The number of ether oxygens (including phenoxy) is 1. The molecule has 1 rings (SSSR count). The van der Waals surface area contributed by atoms with Gasteiger partial charge in [-0.05, 0) is 13.0 Å². The van der Waals surface area contributed by atoms with Gasteiger partial charge in [-0.2, -0.15) is 0 Å². The normalized spacial score (nSPS) is 10.9. The lowest BCUT2D eigenvalue weighted by Gasteiger charge is -2.10. The van der Waals surface area contributed by atoms with Gasteiger partial charge in [-0.3, -0.25) is 14.8 Å². The van der Waals surface area contributed by atoms with E-state index >= 15 is 0 Å². The Morgan fingerprint density at radius 3 is 2.59 bits per heavy atom. The number of non-ortho nitro benzene ring substituents is 1. The quantitative estimate of drug-likeness (QED) is 0.636. The lowest BCUT2D eigenvalue weighted by atomic mass is 10.2. The summed E-state index contributed by atoms with van der Waals surface area (Å²) in [6, 6.07) is 3.66. The third-order valence-electron chi connectivity index (χ3n) is 2.04. The number of benzene rings is 1. The summed E-state index contributed by atoms with van der Waals surface area (Å²) >= 11 is 0. The molecule has 0 unspecified atom stereocenters. The first-order valence-corrected chi connectivity index (χ1v) is 6.37. The molecule has 0 spiro atoms. The lowest BCUT2D eigenvalue weighted by molar-refractivity contribution is -0.384. The predicted octanol–water partition coefficient (Wildman–Crippen LogP) is 1.36. The molecule has 0 aliphatic heterocycles. The van der Waals surface area contributed by atoms with Crippen molar-refractivity contribution in [3.63, 3.8) is 0 Å². The molecule has 0 bridgehead atoms. The minimum atomic E-state index is -3.44. The zero-order valence-electron chi connectivity index (χ0n) is 9.34. The summed E-state index contributed by atoms with van der Waals surface area (Å²) in [6.45, 7) is 1.49. The van der Waals surface area contributed by atoms with Crippen LogP contribution in [0.2, 0.25) is 0 Å². The maximum absolute atomic E-state index is 11.4. The van der Waals surface area contributed by atoms with Gasteiger partial charge in [-0.15, -0.1) is 0 Å². The monoisotopic (exact) mass is 260 g/mol. The van der Waals surface area contributed by atoms with E-state index < -0.39 is 14.9 Å². The Bertz CT molecular complexity index is 526. The molecule has 1 aromatic rings. The second-order valence-electron chi connectivity index (χ2n) is 3.15. The van der Waals surface area contributed by atoms with Crippen molar-refractivity contribution in [3.05, 3.63) is 28.3 Å².